The molecule has 0 spiro atoms. The summed E-state index contributed by atoms with van der Waals surface area (Å²) in [5.74, 6) is -2.24. The molecule has 0 unspecified atom stereocenters. The summed E-state index contributed by atoms with van der Waals surface area (Å²) in [5, 5.41) is 0. The quantitative estimate of drug-likeness (QED) is 0.440. The van der Waals surface area contributed by atoms with Crippen LogP contribution in [0.1, 0.15) is 38.2 Å². The minimum absolute atomic E-state index is 0.0599. The number of benzene rings is 1. The molecule has 0 aliphatic rings. The Labute approximate surface area is 110 Å². The summed E-state index contributed by atoms with van der Waals surface area (Å²) in [6.07, 6.45) is 0.147. The predicted molar refractivity (Wildman–Crippen MR) is 66.0 cm³/mol. The maximum absolute atomic E-state index is 12.0. The molecule has 0 bridgehead atoms. The third kappa shape index (κ3) is 5.77. The molecule has 0 amide bonds. The monoisotopic (exact) mass is 274 g/mol. The summed E-state index contributed by atoms with van der Waals surface area (Å²) < 4.78 is 40.4. The van der Waals surface area contributed by atoms with Crippen molar-refractivity contribution < 1.29 is 22.7 Å². The summed E-state index contributed by atoms with van der Waals surface area (Å²) in [6.45, 7) is 2.11. The van der Waals surface area contributed by atoms with Crippen LogP contribution in [0, 0.1) is 0 Å². The lowest BCUT2D eigenvalue weighted by Gasteiger charge is -2.08. The van der Waals surface area contributed by atoms with Crippen LogP contribution in [-0.4, -0.2) is 12.1 Å². The Bertz CT molecular complexity index is 413. The van der Waals surface area contributed by atoms with Gasteiger partial charge in [-0.2, -0.15) is 13.2 Å². The second kappa shape index (κ2) is 7.16. The van der Waals surface area contributed by atoms with Gasteiger partial charge in [0.25, 0.3) is 0 Å². The first kappa shape index (κ1) is 15.5. The van der Waals surface area contributed by atoms with Crippen LogP contribution < -0.4 is 4.74 Å². The molecule has 0 saturated heterocycles. The first-order chi connectivity index (χ1) is 8.93. The van der Waals surface area contributed by atoms with Crippen molar-refractivity contribution in [3.05, 3.63) is 29.8 Å². The van der Waals surface area contributed by atoms with Crippen molar-refractivity contribution in [2.75, 3.05) is 0 Å². The second-order valence-corrected chi connectivity index (χ2v) is 4.35. The first-order valence-electron chi connectivity index (χ1n) is 6.31. The molecule has 0 aromatic heterocycles. The third-order valence-corrected chi connectivity index (χ3v) is 2.66. The number of aryl methyl sites for hydroxylation is 1. The lowest BCUT2D eigenvalue weighted by molar-refractivity contribution is -0.189. The number of rotatable bonds is 6. The maximum Gasteiger partial charge on any atom is 0.491 e. The largest absolute Gasteiger partial charge is 0.491 e. The highest BCUT2D eigenvalue weighted by Crippen LogP contribution is 2.21. The van der Waals surface area contributed by atoms with E-state index < -0.39 is 12.1 Å². The van der Waals surface area contributed by atoms with Gasteiger partial charge in [0.15, 0.2) is 0 Å². The summed E-state index contributed by atoms with van der Waals surface area (Å²) in [4.78, 5) is 10.7. The molecular weight excluding hydrogens is 257 g/mol. The molecule has 0 saturated carbocycles. The molecule has 0 heterocycles. The first-order valence-corrected chi connectivity index (χ1v) is 6.31. The molecule has 0 atom stereocenters. The fraction of sp³-hybridized carbons (Fsp3) is 0.500. The van der Waals surface area contributed by atoms with Crippen LogP contribution in [0.15, 0.2) is 24.3 Å². The van der Waals surface area contributed by atoms with Gasteiger partial charge in [-0.1, -0.05) is 38.3 Å². The van der Waals surface area contributed by atoms with Gasteiger partial charge in [0.05, 0.1) is 0 Å². The topological polar surface area (TPSA) is 26.3 Å². The van der Waals surface area contributed by atoms with Gasteiger partial charge in [0.1, 0.15) is 5.75 Å². The summed E-state index contributed by atoms with van der Waals surface area (Å²) >= 11 is 0. The van der Waals surface area contributed by atoms with E-state index in [2.05, 4.69) is 11.7 Å². The molecule has 1 rings (SSSR count). The Morgan fingerprint density at radius 2 is 1.95 bits per heavy atom. The van der Waals surface area contributed by atoms with Gasteiger partial charge in [0.2, 0.25) is 0 Å². The van der Waals surface area contributed by atoms with Crippen molar-refractivity contribution in [3.8, 4) is 5.75 Å². The van der Waals surface area contributed by atoms with Crippen LogP contribution in [-0.2, 0) is 11.2 Å². The van der Waals surface area contributed by atoms with Gasteiger partial charge in [0, 0.05) is 0 Å². The van der Waals surface area contributed by atoms with Crippen molar-refractivity contribution >= 4 is 5.97 Å². The molecule has 0 radical (unpaired) electrons. The Kier molecular flexibility index (Phi) is 5.86. The minimum Gasteiger partial charge on any atom is -0.420 e. The minimum atomic E-state index is -4.96. The van der Waals surface area contributed by atoms with Crippen LogP contribution in [0.2, 0.25) is 0 Å². The standard InChI is InChI=1S/C14H17F3O2/c1-2-3-4-5-7-11-8-6-9-12(10-11)19-13(18)14(15,16)17/h6,8-10H,2-5,7H2,1H3. The zero-order valence-corrected chi connectivity index (χ0v) is 10.8. The second-order valence-electron chi connectivity index (χ2n) is 4.35. The lowest BCUT2D eigenvalue weighted by Crippen LogP contribution is -2.27. The molecule has 0 aliphatic heterocycles. The number of ether oxygens (including phenoxy) is 1. The van der Waals surface area contributed by atoms with Gasteiger partial charge in [-0.05, 0) is 30.5 Å². The lowest BCUT2D eigenvalue weighted by atomic mass is 10.1. The van der Waals surface area contributed by atoms with Crippen LogP contribution >= 0.6 is 0 Å². The summed E-state index contributed by atoms with van der Waals surface area (Å²) in [6, 6.07) is 6.24. The number of carbonyl (C=O) groups excluding carboxylic acids is 1. The number of halogens is 3. The molecule has 1 aromatic carbocycles. The maximum atomic E-state index is 12.0. The van der Waals surface area contributed by atoms with E-state index in [1.807, 2.05) is 6.07 Å². The molecule has 5 heteroatoms. The summed E-state index contributed by atoms with van der Waals surface area (Å²) in [7, 11) is 0. The number of hydrogen-bond donors (Lipinski definition) is 0. The van der Waals surface area contributed by atoms with Gasteiger partial charge in [-0.3, -0.25) is 0 Å². The molecule has 0 aliphatic carbocycles. The zero-order chi connectivity index (χ0) is 14.3. The van der Waals surface area contributed by atoms with Crippen molar-refractivity contribution in [1.29, 1.82) is 0 Å². The van der Waals surface area contributed by atoms with E-state index in [1.165, 1.54) is 12.1 Å². The van der Waals surface area contributed by atoms with Crippen LogP contribution in [0.4, 0.5) is 13.2 Å². The SMILES string of the molecule is CCCCCCc1cccc(OC(=O)C(F)(F)F)c1. The highest BCUT2D eigenvalue weighted by Gasteiger charge is 2.41. The van der Waals surface area contributed by atoms with E-state index in [0.29, 0.717) is 0 Å². The van der Waals surface area contributed by atoms with Gasteiger partial charge < -0.3 is 4.74 Å². The Morgan fingerprint density at radius 1 is 1.21 bits per heavy atom. The molecule has 19 heavy (non-hydrogen) atoms. The van der Waals surface area contributed by atoms with E-state index in [-0.39, 0.29) is 5.75 Å². The number of hydrogen-bond acceptors (Lipinski definition) is 2. The Hall–Kier alpha value is -1.52. The van der Waals surface area contributed by atoms with Gasteiger partial charge in [-0.15, -0.1) is 0 Å². The molecule has 1 aromatic rings. The average Bonchev–Trinajstić information content (AvgIpc) is 2.34. The van der Waals surface area contributed by atoms with E-state index in [0.717, 1.165) is 37.7 Å². The van der Waals surface area contributed by atoms with Crippen molar-refractivity contribution in [2.24, 2.45) is 0 Å². The van der Waals surface area contributed by atoms with E-state index in [9.17, 15) is 18.0 Å². The normalized spacial score (nSPS) is 11.4. The van der Waals surface area contributed by atoms with E-state index in [4.69, 9.17) is 0 Å². The number of unbranched alkanes of at least 4 members (excludes halogenated alkanes) is 3. The van der Waals surface area contributed by atoms with Crippen LogP contribution in [0.5, 0.6) is 5.75 Å². The predicted octanol–water partition coefficient (Wildman–Crippen LogP) is 4.28. The molecule has 0 fully saturated rings. The van der Waals surface area contributed by atoms with E-state index >= 15 is 0 Å². The Morgan fingerprint density at radius 3 is 2.58 bits per heavy atom. The number of alkyl halides is 3. The fourth-order valence-electron chi connectivity index (χ4n) is 1.69. The number of carbonyl (C=O) groups is 1. The highest BCUT2D eigenvalue weighted by atomic mass is 19.4. The third-order valence-electron chi connectivity index (χ3n) is 2.66. The molecular formula is C14H17F3O2. The van der Waals surface area contributed by atoms with Gasteiger partial charge in [-0.25, -0.2) is 4.79 Å². The van der Waals surface area contributed by atoms with Crippen molar-refractivity contribution in [1.82, 2.24) is 0 Å². The smallest absolute Gasteiger partial charge is 0.420 e. The average molecular weight is 274 g/mol. The Balaban J connectivity index is 2.55. The van der Waals surface area contributed by atoms with Gasteiger partial charge >= 0.3 is 12.1 Å². The zero-order valence-electron chi connectivity index (χ0n) is 10.8. The van der Waals surface area contributed by atoms with E-state index in [1.54, 1.807) is 6.07 Å². The van der Waals surface area contributed by atoms with Crippen molar-refractivity contribution in [3.63, 3.8) is 0 Å². The van der Waals surface area contributed by atoms with Crippen molar-refractivity contribution in [2.45, 2.75) is 45.2 Å². The highest BCUT2D eigenvalue weighted by molar-refractivity contribution is 5.78. The molecule has 0 N–H and O–H groups in total. The fourth-order valence-corrected chi connectivity index (χ4v) is 1.69. The molecule has 2 nitrogen and oxygen atoms in total. The number of esters is 1. The summed E-state index contributed by atoms with van der Waals surface area (Å²) in [5.41, 5.74) is 0.878. The van der Waals surface area contributed by atoms with Crippen LogP contribution in [0.25, 0.3) is 0 Å². The van der Waals surface area contributed by atoms with Crippen LogP contribution in [0.3, 0.4) is 0 Å². The molecule has 106 valence electrons.